The van der Waals surface area contributed by atoms with Gasteiger partial charge in [-0.1, -0.05) is 6.07 Å². The molecule has 1 saturated heterocycles. The van der Waals surface area contributed by atoms with Crippen LogP contribution in [0.25, 0.3) is 11.3 Å². The molecule has 5 nitrogen and oxygen atoms in total. The Morgan fingerprint density at radius 1 is 1.24 bits per heavy atom. The second-order valence-electron chi connectivity index (χ2n) is 6.39. The first-order valence-electron chi connectivity index (χ1n) is 7.94. The van der Waals surface area contributed by atoms with E-state index < -0.39 is 17.3 Å². The standard InChI is InChI=1S/C17H19F3N4O/c1-23(2)12-7-8-24(10-12)15-5-3-11(9-13(15)17(18,19)20)14-4-6-16(25)22-21-14/h3-6,9,12H,7-8,10H2,1-2H3,(H,22,25)/t12-/m0/s1. The molecule has 0 amide bonds. The molecule has 1 fully saturated rings. The van der Waals surface area contributed by atoms with Crippen molar-refractivity contribution in [3.05, 3.63) is 46.2 Å². The quantitative estimate of drug-likeness (QED) is 0.923. The minimum atomic E-state index is -4.47. The van der Waals surface area contributed by atoms with E-state index in [1.54, 1.807) is 11.0 Å². The molecular formula is C17H19F3N4O. The van der Waals surface area contributed by atoms with E-state index in [1.165, 1.54) is 18.2 Å². The number of anilines is 1. The summed E-state index contributed by atoms with van der Waals surface area (Å²) in [4.78, 5) is 14.9. The van der Waals surface area contributed by atoms with E-state index in [-0.39, 0.29) is 11.7 Å². The first kappa shape index (κ1) is 17.5. The van der Waals surface area contributed by atoms with Gasteiger partial charge in [0.2, 0.25) is 0 Å². The lowest BCUT2D eigenvalue weighted by molar-refractivity contribution is -0.137. The van der Waals surface area contributed by atoms with Crippen molar-refractivity contribution < 1.29 is 13.2 Å². The van der Waals surface area contributed by atoms with Crippen LogP contribution in [0, 0.1) is 0 Å². The molecule has 1 aromatic carbocycles. The average Bonchev–Trinajstić information content (AvgIpc) is 3.04. The van der Waals surface area contributed by atoms with E-state index in [0.29, 0.717) is 24.3 Å². The number of hydrogen-bond acceptors (Lipinski definition) is 4. The van der Waals surface area contributed by atoms with Crippen molar-refractivity contribution in [2.24, 2.45) is 0 Å². The molecule has 0 radical (unpaired) electrons. The lowest BCUT2D eigenvalue weighted by Gasteiger charge is -2.25. The zero-order valence-electron chi connectivity index (χ0n) is 14.0. The third kappa shape index (κ3) is 3.68. The van der Waals surface area contributed by atoms with Crippen molar-refractivity contribution in [2.45, 2.75) is 18.6 Å². The van der Waals surface area contributed by atoms with Crippen molar-refractivity contribution >= 4 is 5.69 Å². The fourth-order valence-electron chi connectivity index (χ4n) is 3.09. The van der Waals surface area contributed by atoms with Crippen molar-refractivity contribution in [3.8, 4) is 11.3 Å². The van der Waals surface area contributed by atoms with Gasteiger partial charge in [-0.3, -0.25) is 4.79 Å². The highest BCUT2D eigenvalue weighted by Gasteiger charge is 2.37. The van der Waals surface area contributed by atoms with Crippen LogP contribution in [0.5, 0.6) is 0 Å². The number of H-pyrrole nitrogens is 1. The highest BCUT2D eigenvalue weighted by molar-refractivity contribution is 5.67. The zero-order chi connectivity index (χ0) is 18.2. The third-order valence-electron chi connectivity index (χ3n) is 4.51. The molecule has 0 spiro atoms. The predicted molar refractivity (Wildman–Crippen MR) is 89.6 cm³/mol. The van der Waals surface area contributed by atoms with Crippen molar-refractivity contribution in [1.29, 1.82) is 0 Å². The number of rotatable bonds is 3. The minimum Gasteiger partial charge on any atom is -0.369 e. The number of aromatic amines is 1. The summed E-state index contributed by atoms with van der Waals surface area (Å²) in [6.45, 7) is 1.15. The van der Waals surface area contributed by atoms with Gasteiger partial charge >= 0.3 is 6.18 Å². The van der Waals surface area contributed by atoms with E-state index in [4.69, 9.17) is 0 Å². The molecule has 134 valence electrons. The molecule has 3 rings (SSSR count). The number of likely N-dealkylation sites (N-methyl/N-ethyl adjacent to an activating group) is 1. The maximum absolute atomic E-state index is 13.6. The van der Waals surface area contributed by atoms with Crippen LogP contribution in [-0.4, -0.2) is 48.3 Å². The largest absolute Gasteiger partial charge is 0.418 e. The lowest BCUT2D eigenvalue weighted by atomic mass is 10.0. The molecule has 1 aromatic heterocycles. The first-order chi connectivity index (χ1) is 11.8. The van der Waals surface area contributed by atoms with Gasteiger partial charge in [0.1, 0.15) is 0 Å². The average molecular weight is 352 g/mol. The lowest BCUT2D eigenvalue weighted by Crippen LogP contribution is -2.32. The SMILES string of the molecule is CN(C)[C@H]1CCN(c2ccc(-c3ccc(=O)[nH]n3)cc2C(F)(F)F)C1. The number of aromatic nitrogens is 2. The second-order valence-corrected chi connectivity index (χ2v) is 6.39. The number of nitrogens with zero attached hydrogens (tertiary/aromatic N) is 3. The van der Waals surface area contributed by atoms with Crippen LogP contribution < -0.4 is 10.5 Å². The van der Waals surface area contributed by atoms with Gasteiger partial charge in [-0.15, -0.1) is 0 Å². The molecule has 1 atom stereocenters. The summed E-state index contributed by atoms with van der Waals surface area (Å²) in [6.07, 6.45) is -3.64. The molecule has 0 bridgehead atoms. The van der Waals surface area contributed by atoms with E-state index in [0.717, 1.165) is 12.5 Å². The monoisotopic (exact) mass is 352 g/mol. The second kappa shape index (κ2) is 6.51. The van der Waals surface area contributed by atoms with Crippen LogP contribution in [0.3, 0.4) is 0 Å². The van der Waals surface area contributed by atoms with Crippen LogP contribution in [-0.2, 0) is 6.18 Å². The topological polar surface area (TPSA) is 52.2 Å². The number of nitrogens with one attached hydrogen (secondary N) is 1. The Bertz CT molecular complexity index is 796. The first-order valence-corrected chi connectivity index (χ1v) is 7.94. The third-order valence-corrected chi connectivity index (χ3v) is 4.51. The van der Waals surface area contributed by atoms with Crippen LogP contribution in [0.4, 0.5) is 18.9 Å². The molecule has 1 aliphatic rings. The molecule has 0 aliphatic carbocycles. The van der Waals surface area contributed by atoms with E-state index in [1.807, 2.05) is 19.0 Å². The van der Waals surface area contributed by atoms with Gasteiger partial charge in [-0.05, 0) is 38.7 Å². The highest BCUT2D eigenvalue weighted by Crippen LogP contribution is 2.40. The Balaban J connectivity index is 1.99. The highest BCUT2D eigenvalue weighted by atomic mass is 19.4. The van der Waals surface area contributed by atoms with Gasteiger partial charge in [0.15, 0.2) is 0 Å². The molecule has 0 unspecified atom stereocenters. The Kier molecular flexibility index (Phi) is 4.55. The number of benzene rings is 1. The summed E-state index contributed by atoms with van der Waals surface area (Å²) in [6, 6.07) is 7.08. The van der Waals surface area contributed by atoms with Gasteiger partial charge in [0.25, 0.3) is 5.56 Å². The predicted octanol–water partition coefficient (Wildman–Crippen LogP) is 2.60. The molecule has 1 aliphatic heterocycles. The van der Waals surface area contributed by atoms with Gasteiger partial charge in [0, 0.05) is 36.4 Å². The zero-order valence-corrected chi connectivity index (χ0v) is 14.0. The normalized spacial score (nSPS) is 18.2. The summed E-state index contributed by atoms with van der Waals surface area (Å²) in [5.41, 5.74) is -0.287. The Labute approximate surface area is 143 Å². The Hall–Kier alpha value is -2.35. The number of halogens is 3. The van der Waals surface area contributed by atoms with Gasteiger partial charge in [-0.2, -0.15) is 18.3 Å². The summed E-state index contributed by atoms with van der Waals surface area (Å²) in [5.74, 6) is 0. The molecule has 25 heavy (non-hydrogen) atoms. The fourth-order valence-corrected chi connectivity index (χ4v) is 3.09. The molecule has 1 N–H and O–H groups in total. The van der Waals surface area contributed by atoms with Crippen LogP contribution in [0.1, 0.15) is 12.0 Å². The van der Waals surface area contributed by atoms with Gasteiger partial charge in [-0.25, -0.2) is 5.10 Å². The van der Waals surface area contributed by atoms with Crippen LogP contribution in [0.2, 0.25) is 0 Å². The molecule has 0 saturated carbocycles. The van der Waals surface area contributed by atoms with E-state index in [2.05, 4.69) is 10.2 Å². The van der Waals surface area contributed by atoms with Crippen LogP contribution in [0.15, 0.2) is 35.1 Å². The fraction of sp³-hybridized carbons (Fsp3) is 0.412. The number of alkyl halides is 3. The minimum absolute atomic E-state index is 0.185. The maximum Gasteiger partial charge on any atom is 0.418 e. The Morgan fingerprint density at radius 2 is 2.00 bits per heavy atom. The van der Waals surface area contributed by atoms with Crippen molar-refractivity contribution in [2.75, 3.05) is 32.1 Å². The van der Waals surface area contributed by atoms with Crippen molar-refractivity contribution in [3.63, 3.8) is 0 Å². The molecular weight excluding hydrogens is 333 g/mol. The molecule has 2 heterocycles. The molecule has 2 aromatic rings. The Morgan fingerprint density at radius 3 is 2.56 bits per heavy atom. The molecule has 8 heteroatoms. The van der Waals surface area contributed by atoms with Crippen molar-refractivity contribution in [1.82, 2.24) is 15.1 Å². The summed E-state index contributed by atoms with van der Waals surface area (Å²) in [7, 11) is 3.87. The van der Waals surface area contributed by atoms with E-state index >= 15 is 0 Å². The van der Waals surface area contributed by atoms with Gasteiger partial charge < -0.3 is 9.80 Å². The van der Waals surface area contributed by atoms with Crippen LogP contribution >= 0.6 is 0 Å². The summed E-state index contributed by atoms with van der Waals surface area (Å²) in [5, 5.41) is 6.05. The summed E-state index contributed by atoms with van der Waals surface area (Å²) >= 11 is 0. The summed E-state index contributed by atoms with van der Waals surface area (Å²) < 4.78 is 40.8. The van der Waals surface area contributed by atoms with Gasteiger partial charge in [0.05, 0.1) is 11.3 Å². The smallest absolute Gasteiger partial charge is 0.369 e. The van der Waals surface area contributed by atoms with E-state index in [9.17, 15) is 18.0 Å². The number of hydrogen-bond donors (Lipinski definition) is 1. The maximum atomic E-state index is 13.6.